The number of carbonyl (C=O) groups excluding carboxylic acids is 4. The van der Waals surface area contributed by atoms with Crippen LogP contribution in [0.1, 0.15) is 138 Å². The second kappa shape index (κ2) is 23.3. The Bertz CT molecular complexity index is 2400. The smallest absolute Gasteiger partial charge is 0.340 e. The number of carbonyl (C=O) groups is 4. The number of aliphatic hydroxyl groups excluding tert-OH is 1. The van der Waals surface area contributed by atoms with Crippen molar-refractivity contribution in [2.45, 2.75) is 143 Å². The molecule has 0 radical (unpaired) electrons. The lowest BCUT2D eigenvalue weighted by atomic mass is 9.85. The monoisotopic (exact) mass is 919 g/mol. The molecule has 3 amide bonds. The number of nitrogens with zero attached hydrogens (tertiary/aromatic N) is 3. The molecule has 0 unspecified atom stereocenters. The van der Waals surface area contributed by atoms with Gasteiger partial charge in [0.1, 0.15) is 17.8 Å². The van der Waals surface area contributed by atoms with Crippen molar-refractivity contribution in [2.75, 3.05) is 19.8 Å². The van der Waals surface area contributed by atoms with Crippen LogP contribution in [0.25, 0.3) is 21.3 Å². The molecule has 1 aliphatic heterocycles. The number of nitrogens with one attached hydrogen (secondary N) is 2. The van der Waals surface area contributed by atoms with Gasteiger partial charge in [-0.25, -0.2) is 9.78 Å². The number of benzene rings is 3. The number of likely N-dealkylation sites (tertiary alicyclic amines) is 1. The molecule has 4 atom stereocenters. The molecule has 6 rings (SSSR count). The van der Waals surface area contributed by atoms with Crippen LogP contribution < -0.4 is 15.4 Å². The Labute approximate surface area is 394 Å². The number of rotatable bonds is 22. The lowest BCUT2D eigenvalue weighted by molar-refractivity contribution is -0.144. The minimum atomic E-state index is -0.851. The van der Waals surface area contributed by atoms with E-state index in [2.05, 4.69) is 32.3 Å². The highest BCUT2D eigenvalue weighted by Gasteiger charge is 2.44. The molecular formula is C53H69N5O7S. The van der Waals surface area contributed by atoms with Crippen LogP contribution in [0.3, 0.4) is 0 Å². The molecule has 0 spiro atoms. The van der Waals surface area contributed by atoms with E-state index in [1.54, 1.807) is 11.3 Å². The van der Waals surface area contributed by atoms with Crippen LogP contribution in [0, 0.1) is 19.3 Å². The summed E-state index contributed by atoms with van der Waals surface area (Å²) in [7, 11) is 0. The first-order chi connectivity index (χ1) is 31.7. The SMILES string of the molecule is CCOC(=O)c1c(C)n(Cc2ccccc2)c2ccc(OCCCCCCCCCCC(=O)N[C@H](C(=O)N3C[C@H](O)C[C@H]3C(=O)N[C@@H](C)c3ccc(-c4scnc4C)cc3)C(C)(C)C)cc12. The van der Waals surface area contributed by atoms with Gasteiger partial charge in [-0.3, -0.25) is 14.4 Å². The number of unbranched alkanes of at least 4 members (excludes halogenated alkanes) is 7. The Morgan fingerprint density at radius 2 is 1.58 bits per heavy atom. The second-order valence-corrected chi connectivity index (χ2v) is 19.6. The van der Waals surface area contributed by atoms with Gasteiger partial charge >= 0.3 is 5.97 Å². The summed E-state index contributed by atoms with van der Waals surface area (Å²) in [6.45, 7) is 15.0. The number of β-amino-alcohol motifs (C(OH)–C–C–N with tert-alkyl or cyclic N) is 1. The molecule has 66 heavy (non-hydrogen) atoms. The lowest BCUT2D eigenvalue weighted by Gasteiger charge is -2.35. The normalized spacial score (nSPS) is 16.0. The molecule has 3 heterocycles. The zero-order valence-electron chi connectivity index (χ0n) is 39.9. The molecule has 1 saturated heterocycles. The van der Waals surface area contributed by atoms with Crippen LogP contribution in [0.5, 0.6) is 5.75 Å². The molecule has 1 fully saturated rings. The minimum absolute atomic E-state index is 0.0318. The van der Waals surface area contributed by atoms with Gasteiger partial charge < -0.3 is 34.7 Å². The fraction of sp³-hybridized carbons (Fsp3) is 0.491. The highest BCUT2D eigenvalue weighted by molar-refractivity contribution is 7.13. The summed E-state index contributed by atoms with van der Waals surface area (Å²) in [5, 5.41) is 17.5. The predicted molar refractivity (Wildman–Crippen MR) is 262 cm³/mol. The number of thiazole rings is 1. The fourth-order valence-electron chi connectivity index (χ4n) is 8.87. The fourth-order valence-corrected chi connectivity index (χ4v) is 9.68. The maximum absolute atomic E-state index is 14.1. The number of aromatic nitrogens is 2. The summed E-state index contributed by atoms with van der Waals surface area (Å²) in [6, 6.07) is 22.2. The average Bonchev–Trinajstić information content (AvgIpc) is 3.98. The topological polar surface area (TPSA) is 152 Å². The van der Waals surface area contributed by atoms with Crippen molar-refractivity contribution in [3.8, 4) is 16.2 Å². The van der Waals surface area contributed by atoms with Gasteiger partial charge in [0.2, 0.25) is 17.7 Å². The van der Waals surface area contributed by atoms with Gasteiger partial charge in [0, 0.05) is 42.5 Å². The molecule has 1 aliphatic rings. The summed E-state index contributed by atoms with van der Waals surface area (Å²) in [4.78, 5) is 60.9. The van der Waals surface area contributed by atoms with Crippen LogP contribution in [-0.2, 0) is 25.7 Å². The van der Waals surface area contributed by atoms with Crippen molar-refractivity contribution in [2.24, 2.45) is 5.41 Å². The second-order valence-electron chi connectivity index (χ2n) is 18.7. The third-order valence-corrected chi connectivity index (χ3v) is 13.6. The number of ether oxygens (including phenoxy) is 2. The molecule has 5 aromatic rings. The van der Waals surface area contributed by atoms with Gasteiger partial charge in [0.15, 0.2) is 0 Å². The summed E-state index contributed by atoms with van der Waals surface area (Å²) < 4.78 is 13.8. The van der Waals surface area contributed by atoms with E-state index in [1.807, 2.05) is 115 Å². The Morgan fingerprint density at radius 3 is 2.23 bits per heavy atom. The Balaban J connectivity index is 0.892. The van der Waals surface area contributed by atoms with E-state index in [9.17, 15) is 24.3 Å². The molecule has 13 heteroatoms. The number of esters is 1. The summed E-state index contributed by atoms with van der Waals surface area (Å²) in [5.74, 6) is -0.462. The van der Waals surface area contributed by atoms with E-state index in [0.717, 1.165) is 101 Å². The molecule has 12 nitrogen and oxygen atoms in total. The van der Waals surface area contributed by atoms with Gasteiger partial charge in [-0.05, 0) is 80.8 Å². The van der Waals surface area contributed by atoms with Crippen LogP contribution in [0.15, 0.2) is 78.3 Å². The molecule has 0 aliphatic carbocycles. The van der Waals surface area contributed by atoms with E-state index < -0.39 is 23.6 Å². The van der Waals surface area contributed by atoms with Gasteiger partial charge in [-0.1, -0.05) is 114 Å². The van der Waals surface area contributed by atoms with Crippen molar-refractivity contribution in [3.63, 3.8) is 0 Å². The Kier molecular flexibility index (Phi) is 17.6. The number of hydrogen-bond donors (Lipinski definition) is 3. The third kappa shape index (κ3) is 12.9. The molecular weight excluding hydrogens is 851 g/mol. The number of fused-ring (bicyclic) bond motifs is 1. The highest BCUT2D eigenvalue weighted by atomic mass is 32.1. The zero-order valence-corrected chi connectivity index (χ0v) is 40.7. The molecule has 0 bridgehead atoms. The maximum atomic E-state index is 14.1. The minimum Gasteiger partial charge on any atom is -0.494 e. The highest BCUT2D eigenvalue weighted by Crippen LogP contribution is 2.32. The molecule has 3 N–H and O–H groups in total. The third-order valence-electron chi connectivity index (χ3n) is 12.6. The molecule has 354 valence electrons. The van der Waals surface area contributed by atoms with Crippen LogP contribution in [0.4, 0.5) is 0 Å². The van der Waals surface area contributed by atoms with Gasteiger partial charge in [-0.2, -0.15) is 0 Å². The van der Waals surface area contributed by atoms with Crippen molar-refractivity contribution in [1.82, 2.24) is 25.1 Å². The van der Waals surface area contributed by atoms with E-state index in [4.69, 9.17) is 9.47 Å². The largest absolute Gasteiger partial charge is 0.494 e. The molecule has 0 saturated carbocycles. The van der Waals surface area contributed by atoms with E-state index >= 15 is 0 Å². The standard InChI is InChI=1S/C53H69N5O7S/c1-8-64-52(63)47-37(4)57(32-38-20-16-15-17-21-38)44-28-27-42(31-43(44)47)65-29-19-14-12-10-9-11-13-18-22-46(60)56-49(53(5,6)7)51(62)58-33-41(59)30-45(58)50(61)55-35(2)39-23-25-40(26-24-39)48-36(3)54-34-66-48/h15-17,20-21,23-28,31,34-35,41,45,49,59H,8-14,18-19,22,29-30,32-33H2,1-7H3,(H,55,61)(H,56,60)/t35-,41+,45-,49+/m0/s1. The maximum Gasteiger partial charge on any atom is 0.340 e. The van der Waals surface area contributed by atoms with Crippen molar-refractivity contribution >= 4 is 45.9 Å². The summed E-state index contributed by atoms with van der Waals surface area (Å²) in [6.07, 6.45) is 7.52. The number of amides is 3. The van der Waals surface area contributed by atoms with Gasteiger partial charge in [0.25, 0.3) is 0 Å². The van der Waals surface area contributed by atoms with Crippen molar-refractivity contribution in [3.05, 3.63) is 106 Å². The number of aliphatic hydroxyl groups is 1. The van der Waals surface area contributed by atoms with Crippen LogP contribution in [-0.4, -0.2) is 81.2 Å². The van der Waals surface area contributed by atoms with E-state index in [0.29, 0.717) is 31.7 Å². The summed E-state index contributed by atoms with van der Waals surface area (Å²) in [5.41, 5.74) is 7.76. The van der Waals surface area contributed by atoms with Crippen LogP contribution >= 0.6 is 11.3 Å². The predicted octanol–water partition coefficient (Wildman–Crippen LogP) is 9.87. The quantitative estimate of drug-likeness (QED) is 0.0459. The number of aryl methyl sites for hydroxylation is 1. The Morgan fingerprint density at radius 1 is 0.894 bits per heavy atom. The van der Waals surface area contributed by atoms with E-state index in [-0.39, 0.29) is 42.7 Å². The first-order valence-corrected chi connectivity index (χ1v) is 24.6. The number of hydrogen-bond acceptors (Lipinski definition) is 9. The van der Waals surface area contributed by atoms with Gasteiger partial charge in [0.05, 0.1) is 47.0 Å². The molecule has 2 aromatic heterocycles. The van der Waals surface area contributed by atoms with E-state index in [1.165, 1.54) is 4.90 Å². The lowest BCUT2D eigenvalue weighted by Crippen LogP contribution is -2.57. The average molecular weight is 920 g/mol. The van der Waals surface area contributed by atoms with Gasteiger partial charge in [-0.15, -0.1) is 11.3 Å². The zero-order chi connectivity index (χ0) is 47.4. The van der Waals surface area contributed by atoms with Crippen LogP contribution in [0.2, 0.25) is 0 Å². The van der Waals surface area contributed by atoms with Crippen molar-refractivity contribution in [1.29, 1.82) is 0 Å². The van der Waals surface area contributed by atoms with Crippen molar-refractivity contribution < 1.29 is 33.8 Å². The first-order valence-electron chi connectivity index (χ1n) is 23.7. The Hall–Kier alpha value is -5.53. The molecule has 3 aromatic carbocycles. The summed E-state index contributed by atoms with van der Waals surface area (Å²) >= 11 is 1.59. The first kappa shape index (κ1) is 49.9.